The van der Waals surface area contributed by atoms with Crippen LogP contribution in [0.2, 0.25) is 0 Å². The maximum atomic E-state index is 5.16. The summed E-state index contributed by atoms with van der Waals surface area (Å²) < 4.78 is 7.17. The summed E-state index contributed by atoms with van der Waals surface area (Å²) in [6.45, 7) is 5.11. The molecule has 0 bridgehead atoms. The summed E-state index contributed by atoms with van der Waals surface area (Å²) in [5, 5.41) is 0. The van der Waals surface area contributed by atoms with Crippen molar-refractivity contribution in [3.63, 3.8) is 0 Å². The van der Waals surface area contributed by atoms with Crippen molar-refractivity contribution in [2.75, 3.05) is 17.6 Å². The first-order valence-corrected chi connectivity index (χ1v) is 5.21. The van der Waals surface area contributed by atoms with Crippen LogP contribution in [0.4, 0.5) is 5.69 Å². The standard InChI is InChI=1S/C11H15BrNO/c1-9(2)8-13(12)10-5-4-6-11(7-10)14-3/h4-7H,8H2,1-3H3. The normalized spacial score (nSPS) is 10.4. The summed E-state index contributed by atoms with van der Waals surface area (Å²) in [6, 6.07) is 7.96. The van der Waals surface area contributed by atoms with E-state index in [2.05, 4.69) is 30.0 Å². The predicted molar refractivity (Wildman–Crippen MR) is 63.9 cm³/mol. The molecule has 77 valence electrons. The Bertz CT molecular complexity index is 288. The highest BCUT2D eigenvalue weighted by Crippen LogP contribution is 2.24. The lowest BCUT2D eigenvalue weighted by Gasteiger charge is -2.18. The van der Waals surface area contributed by atoms with Crippen molar-refractivity contribution in [2.45, 2.75) is 13.8 Å². The van der Waals surface area contributed by atoms with Gasteiger partial charge in [0.1, 0.15) is 5.75 Å². The van der Waals surface area contributed by atoms with E-state index < -0.39 is 0 Å². The lowest BCUT2D eigenvalue weighted by atomic mass is 10.2. The molecule has 0 N–H and O–H groups in total. The first-order chi connectivity index (χ1) is 6.63. The number of hydrogen-bond acceptors (Lipinski definition) is 2. The molecule has 1 rings (SSSR count). The van der Waals surface area contributed by atoms with E-state index in [9.17, 15) is 0 Å². The van der Waals surface area contributed by atoms with Gasteiger partial charge in [0.15, 0.2) is 0 Å². The number of benzene rings is 1. The van der Waals surface area contributed by atoms with Gasteiger partial charge in [0, 0.05) is 28.8 Å². The minimum Gasteiger partial charge on any atom is -0.497 e. The van der Waals surface area contributed by atoms with Crippen LogP contribution in [0.15, 0.2) is 24.3 Å². The van der Waals surface area contributed by atoms with Crippen LogP contribution in [0.3, 0.4) is 0 Å². The molecular weight excluding hydrogens is 242 g/mol. The molecule has 0 aliphatic heterocycles. The molecule has 0 spiro atoms. The van der Waals surface area contributed by atoms with E-state index in [1.54, 1.807) is 7.11 Å². The minimum absolute atomic E-state index is 0.876. The highest BCUT2D eigenvalue weighted by Gasteiger charge is 2.05. The van der Waals surface area contributed by atoms with Gasteiger partial charge >= 0.3 is 0 Å². The highest BCUT2D eigenvalue weighted by atomic mass is 79.9. The fourth-order valence-electron chi connectivity index (χ4n) is 1.13. The van der Waals surface area contributed by atoms with Crippen LogP contribution in [-0.4, -0.2) is 13.7 Å². The molecule has 0 heterocycles. The third kappa shape index (κ3) is 3.22. The largest absolute Gasteiger partial charge is 0.497 e. The minimum atomic E-state index is 0.876. The summed E-state index contributed by atoms with van der Waals surface area (Å²) in [4.78, 5) is 0. The van der Waals surface area contributed by atoms with Crippen LogP contribution in [-0.2, 0) is 0 Å². The van der Waals surface area contributed by atoms with Crippen LogP contribution in [0.5, 0.6) is 5.75 Å². The molecule has 0 fully saturated rings. The van der Waals surface area contributed by atoms with E-state index in [4.69, 9.17) is 4.74 Å². The van der Waals surface area contributed by atoms with E-state index >= 15 is 0 Å². The maximum Gasteiger partial charge on any atom is 0.120 e. The van der Waals surface area contributed by atoms with Crippen molar-refractivity contribution < 1.29 is 4.74 Å². The molecule has 2 nitrogen and oxygen atoms in total. The zero-order valence-corrected chi connectivity index (χ0v) is 10.3. The zero-order chi connectivity index (χ0) is 10.6. The van der Waals surface area contributed by atoms with Crippen molar-refractivity contribution in [1.29, 1.82) is 0 Å². The lowest BCUT2D eigenvalue weighted by Crippen LogP contribution is -2.14. The van der Waals surface area contributed by atoms with E-state index in [0.29, 0.717) is 0 Å². The van der Waals surface area contributed by atoms with Gasteiger partial charge in [-0.15, -0.1) is 0 Å². The molecule has 0 amide bonds. The fraction of sp³-hybridized carbons (Fsp3) is 0.364. The van der Waals surface area contributed by atoms with Crippen molar-refractivity contribution in [3.05, 3.63) is 30.2 Å². The summed E-state index contributed by atoms with van der Waals surface area (Å²) in [7, 11) is 1.68. The Morgan fingerprint density at radius 2 is 2.14 bits per heavy atom. The van der Waals surface area contributed by atoms with E-state index in [1.807, 2.05) is 28.2 Å². The van der Waals surface area contributed by atoms with Crippen LogP contribution >= 0.6 is 16.1 Å². The summed E-state index contributed by atoms with van der Waals surface area (Å²) in [6.07, 6.45) is 0. The molecule has 0 atom stereocenters. The van der Waals surface area contributed by atoms with E-state index in [0.717, 1.165) is 18.0 Å². The summed E-state index contributed by atoms with van der Waals surface area (Å²) >= 11 is 3.51. The smallest absolute Gasteiger partial charge is 0.120 e. The number of methoxy groups -OCH3 is 1. The van der Waals surface area contributed by atoms with Crippen molar-refractivity contribution in [2.24, 2.45) is 0 Å². The second-order valence-electron chi connectivity index (χ2n) is 3.43. The summed E-state index contributed by atoms with van der Waals surface area (Å²) in [5.74, 6) is 2.23. The molecular formula is C11H15BrNO. The van der Waals surface area contributed by atoms with Gasteiger partial charge in [-0.3, -0.25) is 0 Å². The van der Waals surface area contributed by atoms with Crippen LogP contribution < -0.4 is 8.66 Å². The first kappa shape index (κ1) is 11.4. The van der Waals surface area contributed by atoms with Gasteiger partial charge in [0.2, 0.25) is 0 Å². The molecule has 0 aliphatic carbocycles. The third-order valence-electron chi connectivity index (χ3n) is 1.79. The van der Waals surface area contributed by atoms with Crippen LogP contribution in [0.25, 0.3) is 0 Å². The SMILES string of the molecule is COc1cccc(N(Br)C[C](C)C)c1. The lowest BCUT2D eigenvalue weighted by molar-refractivity contribution is 0.415. The van der Waals surface area contributed by atoms with Gasteiger partial charge in [-0.25, -0.2) is 0 Å². The van der Waals surface area contributed by atoms with E-state index in [1.165, 1.54) is 5.92 Å². The van der Waals surface area contributed by atoms with Gasteiger partial charge in [-0.05, 0) is 18.1 Å². The van der Waals surface area contributed by atoms with Gasteiger partial charge in [-0.2, -0.15) is 0 Å². The number of halogens is 1. The Morgan fingerprint density at radius 3 is 2.71 bits per heavy atom. The molecule has 1 aromatic carbocycles. The third-order valence-corrected chi connectivity index (χ3v) is 2.45. The Balaban J connectivity index is 2.73. The molecule has 0 aromatic heterocycles. The fourth-order valence-corrected chi connectivity index (χ4v) is 1.85. The van der Waals surface area contributed by atoms with Gasteiger partial charge < -0.3 is 8.66 Å². The summed E-state index contributed by atoms with van der Waals surface area (Å²) in [5.41, 5.74) is 1.10. The Labute approximate surface area is 94.2 Å². The molecule has 3 heteroatoms. The van der Waals surface area contributed by atoms with Gasteiger partial charge in [0.25, 0.3) is 0 Å². The Kier molecular flexibility index (Phi) is 4.26. The maximum absolute atomic E-state index is 5.16. The second-order valence-corrected chi connectivity index (χ2v) is 4.29. The molecule has 1 aromatic rings. The number of ether oxygens (including phenoxy) is 1. The second kappa shape index (κ2) is 5.25. The van der Waals surface area contributed by atoms with Crippen LogP contribution in [0.1, 0.15) is 13.8 Å². The molecule has 0 aliphatic rings. The monoisotopic (exact) mass is 256 g/mol. The van der Waals surface area contributed by atoms with Crippen LogP contribution in [0, 0.1) is 5.92 Å². The highest BCUT2D eigenvalue weighted by molar-refractivity contribution is 9.10. The average Bonchev–Trinajstić information content (AvgIpc) is 2.17. The Morgan fingerprint density at radius 1 is 1.43 bits per heavy atom. The van der Waals surface area contributed by atoms with Crippen molar-refractivity contribution in [3.8, 4) is 5.75 Å². The van der Waals surface area contributed by atoms with Crippen molar-refractivity contribution in [1.82, 2.24) is 0 Å². The number of rotatable bonds is 4. The zero-order valence-electron chi connectivity index (χ0n) is 8.75. The Hall–Kier alpha value is -0.700. The van der Waals surface area contributed by atoms with Gasteiger partial charge in [0.05, 0.1) is 12.8 Å². The van der Waals surface area contributed by atoms with Crippen molar-refractivity contribution >= 4 is 21.8 Å². The first-order valence-electron chi connectivity index (χ1n) is 4.50. The van der Waals surface area contributed by atoms with E-state index in [-0.39, 0.29) is 0 Å². The average molecular weight is 257 g/mol. The topological polar surface area (TPSA) is 12.5 Å². The number of nitrogens with zero attached hydrogens (tertiary/aromatic N) is 1. The quantitative estimate of drug-likeness (QED) is 0.766. The molecule has 14 heavy (non-hydrogen) atoms. The molecule has 0 saturated heterocycles. The molecule has 1 radical (unpaired) electrons. The number of anilines is 1. The van der Waals surface area contributed by atoms with Gasteiger partial charge in [-0.1, -0.05) is 19.9 Å². The molecule has 0 unspecified atom stereocenters. The number of hydrogen-bond donors (Lipinski definition) is 0. The molecule has 0 saturated carbocycles. The predicted octanol–water partition coefficient (Wildman–Crippen LogP) is 3.43.